The van der Waals surface area contributed by atoms with Crippen LogP contribution >= 0.6 is 0 Å². The van der Waals surface area contributed by atoms with Crippen LogP contribution in [-0.4, -0.2) is 24.6 Å². The largest absolute Gasteiger partial charge is 0.493 e. The Hall–Kier alpha value is -2.56. The summed E-state index contributed by atoms with van der Waals surface area (Å²) in [5.74, 6) is 1.43. The van der Waals surface area contributed by atoms with Gasteiger partial charge in [-0.05, 0) is 43.2 Å². The van der Waals surface area contributed by atoms with Gasteiger partial charge in [-0.25, -0.2) is 4.98 Å². The summed E-state index contributed by atoms with van der Waals surface area (Å²) in [4.78, 5) is 16.0. The summed E-state index contributed by atoms with van der Waals surface area (Å²) in [6.45, 7) is 3.74. The number of benzene rings is 1. The number of aromatic nitrogens is 1. The van der Waals surface area contributed by atoms with Crippen molar-refractivity contribution in [3.8, 4) is 11.5 Å². The highest BCUT2D eigenvalue weighted by Crippen LogP contribution is 2.27. The van der Waals surface area contributed by atoms with Gasteiger partial charge < -0.3 is 14.8 Å². The fourth-order valence-electron chi connectivity index (χ4n) is 1.82. The Balaban J connectivity index is 1.97. The Labute approximate surface area is 123 Å². The Morgan fingerprint density at radius 3 is 2.76 bits per heavy atom. The molecule has 0 saturated carbocycles. The second-order valence-electron chi connectivity index (χ2n) is 4.66. The molecule has 21 heavy (non-hydrogen) atoms. The topological polar surface area (TPSA) is 60.5 Å². The van der Waals surface area contributed by atoms with E-state index in [1.54, 1.807) is 19.4 Å². The van der Waals surface area contributed by atoms with Crippen LogP contribution in [-0.2, 0) is 4.79 Å². The average Bonchev–Trinajstić information content (AvgIpc) is 2.48. The number of carbonyl (C=O) groups is 1. The van der Waals surface area contributed by atoms with E-state index in [0.717, 1.165) is 11.1 Å². The summed E-state index contributed by atoms with van der Waals surface area (Å²) < 4.78 is 10.7. The number of hydrogen-bond acceptors (Lipinski definition) is 4. The van der Waals surface area contributed by atoms with E-state index in [-0.39, 0.29) is 12.5 Å². The van der Waals surface area contributed by atoms with Gasteiger partial charge in [0.25, 0.3) is 5.91 Å². The maximum absolute atomic E-state index is 11.9. The third-order valence-corrected chi connectivity index (χ3v) is 2.95. The predicted octanol–water partition coefficient (Wildman–Crippen LogP) is 2.72. The average molecular weight is 286 g/mol. The molecule has 0 aliphatic rings. The predicted molar refractivity (Wildman–Crippen MR) is 80.8 cm³/mol. The van der Waals surface area contributed by atoms with E-state index in [1.807, 2.05) is 38.1 Å². The van der Waals surface area contributed by atoms with Crippen molar-refractivity contribution >= 4 is 11.7 Å². The van der Waals surface area contributed by atoms with E-state index in [0.29, 0.717) is 17.3 Å². The first-order valence-electron chi connectivity index (χ1n) is 6.59. The minimum Gasteiger partial charge on any atom is -0.493 e. The first-order valence-corrected chi connectivity index (χ1v) is 6.59. The van der Waals surface area contributed by atoms with E-state index in [9.17, 15) is 4.79 Å². The molecule has 1 aromatic carbocycles. The molecule has 1 amide bonds. The van der Waals surface area contributed by atoms with Crippen molar-refractivity contribution in [1.82, 2.24) is 4.98 Å². The fraction of sp³-hybridized carbons (Fsp3) is 0.250. The molecular formula is C16H18N2O3. The van der Waals surface area contributed by atoms with Gasteiger partial charge >= 0.3 is 0 Å². The molecule has 0 bridgehead atoms. The molecular weight excluding hydrogens is 268 g/mol. The van der Waals surface area contributed by atoms with Gasteiger partial charge in [0.15, 0.2) is 18.1 Å². The number of nitrogens with zero attached hydrogens (tertiary/aromatic N) is 1. The van der Waals surface area contributed by atoms with Gasteiger partial charge in [-0.1, -0.05) is 12.1 Å². The number of pyridine rings is 1. The van der Waals surface area contributed by atoms with Gasteiger partial charge in [0.2, 0.25) is 0 Å². The van der Waals surface area contributed by atoms with E-state index in [2.05, 4.69) is 10.3 Å². The third-order valence-electron chi connectivity index (χ3n) is 2.95. The number of methoxy groups -OCH3 is 1. The molecule has 2 aromatic rings. The zero-order valence-electron chi connectivity index (χ0n) is 12.3. The van der Waals surface area contributed by atoms with Crippen LogP contribution in [0.1, 0.15) is 11.1 Å². The summed E-state index contributed by atoms with van der Waals surface area (Å²) in [6.07, 6.45) is 1.63. The maximum Gasteiger partial charge on any atom is 0.263 e. The maximum atomic E-state index is 11.9. The van der Waals surface area contributed by atoms with E-state index in [1.165, 1.54) is 0 Å². The SMILES string of the molecule is COc1cc(C)ccc1OCC(=O)Nc1ncccc1C. The van der Waals surface area contributed by atoms with Gasteiger partial charge in [-0.2, -0.15) is 0 Å². The number of amides is 1. The smallest absolute Gasteiger partial charge is 0.263 e. The normalized spacial score (nSPS) is 10.0. The van der Waals surface area contributed by atoms with Crippen LogP contribution in [0, 0.1) is 13.8 Å². The summed E-state index contributed by atoms with van der Waals surface area (Å²) in [5.41, 5.74) is 1.96. The Kier molecular flexibility index (Phi) is 4.77. The molecule has 110 valence electrons. The first kappa shape index (κ1) is 14.8. The number of nitrogens with one attached hydrogen (secondary N) is 1. The number of anilines is 1. The van der Waals surface area contributed by atoms with Crippen LogP contribution in [0.25, 0.3) is 0 Å². The highest BCUT2D eigenvalue weighted by atomic mass is 16.5. The van der Waals surface area contributed by atoms with Crippen LogP contribution in [0.2, 0.25) is 0 Å². The molecule has 0 unspecified atom stereocenters. The molecule has 0 aliphatic carbocycles. The lowest BCUT2D eigenvalue weighted by atomic mass is 10.2. The molecule has 1 N–H and O–H groups in total. The van der Waals surface area contributed by atoms with Crippen LogP contribution < -0.4 is 14.8 Å². The summed E-state index contributed by atoms with van der Waals surface area (Å²) in [7, 11) is 1.57. The second-order valence-corrected chi connectivity index (χ2v) is 4.66. The van der Waals surface area contributed by atoms with Crippen molar-refractivity contribution in [3.63, 3.8) is 0 Å². The fourth-order valence-corrected chi connectivity index (χ4v) is 1.82. The van der Waals surface area contributed by atoms with Gasteiger partial charge in [-0.3, -0.25) is 4.79 Å². The van der Waals surface area contributed by atoms with Crippen molar-refractivity contribution in [3.05, 3.63) is 47.7 Å². The van der Waals surface area contributed by atoms with Crippen molar-refractivity contribution in [1.29, 1.82) is 0 Å². The Bertz CT molecular complexity index is 641. The number of carbonyl (C=O) groups excluding carboxylic acids is 1. The molecule has 5 nitrogen and oxygen atoms in total. The lowest BCUT2D eigenvalue weighted by Gasteiger charge is -2.11. The molecule has 0 aliphatic heterocycles. The molecule has 1 heterocycles. The molecule has 0 saturated heterocycles. The summed E-state index contributed by atoms with van der Waals surface area (Å²) >= 11 is 0. The summed E-state index contributed by atoms with van der Waals surface area (Å²) in [5, 5.41) is 2.71. The van der Waals surface area contributed by atoms with E-state index in [4.69, 9.17) is 9.47 Å². The van der Waals surface area contributed by atoms with Crippen molar-refractivity contribution in [2.75, 3.05) is 19.0 Å². The number of rotatable bonds is 5. The van der Waals surface area contributed by atoms with E-state index >= 15 is 0 Å². The Morgan fingerprint density at radius 2 is 2.05 bits per heavy atom. The number of ether oxygens (including phenoxy) is 2. The standard InChI is InChI=1S/C16H18N2O3/c1-11-6-7-13(14(9-11)20-3)21-10-15(19)18-16-12(2)5-4-8-17-16/h4-9H,10H2,1-3H3,(H,17,18,19). The van der Waals surface area contributed by atoms with E-state index < -0.39 is 0 Å². The zero-order chi connectivity index (χ0) is 15.2. The highest BCUT2D eigenvalue weighted by molar-refractivity contribution is 5.91. The quantitative estimate of drug-likeness (QED) is 0.918. The Morgan fingerprint density at radius 1 is 1.24 bits per heavy atom. The van der Waals surface area contributed by atoms with Crippen LogP contribution in [0.4, 0.5) is 5.82 Å². The van der Waals surface area contributed by atoms with Gasteiger partial charge in [0.05, 0.1) is 7.11 Å². The molecule has 0 spiro atoms. The van der Waals surface area contributed by atoms with Gasteiger partial charge in [0.1, 0.15) is 5.82 Å². The molecule has 1 aromatic heterocycles. The first-order chi connectivity index (χ1) is 10.1. The van der Waals surface area contributed by atoms with Crippen molar-refractivity contribution < 1.29 is 14.3 Å². The molecule has 5 heteroatoms. The monoisotopic (exact) mass is 286 g/mol. The number of hydrogen-bond donors (Lipinski definition) is 1. The van der Waals surface area contributed by atoms with Gasteiger partial charge in [0, 0.05) is 6.20 Å². The minimum atomic E-state index is -0.264. The number of aryl methyl sites for hydroxylation is 2. The lowest BCUT2D eigenvalue weighted by molar-refractivity contribution is -0.118. The third kappa shape index (κ3) is 3.95. The van der Waals surface area contributed by atoms with Crippen molar-refractivity contribution in [2.24, 2.45) is 0 Å². The van der Waals surface area contributed by atoms with Crippen LogP contribution in [0.3, 0.4) is 0 Å². The van der Waals surface area contributed by atoms with Crippen molar-refractivity contribution in [2.45, 2.75) is 13.8 Å². The second kappa shape index (κ2) is 6.74. The van der Waals surface area contributed by atoms with Crippen LogP contribution in [0.15, 0.2) is 36.5 Å². The molecule has 2 rings (SSSR count). The summed E-state index contributed by atoms with van der Waals surface area (Å²) in [6, 6.07) is 9.24. The lowest BCUT2D eigenvalue weighted by Crippen LogP contribution is -2.21. The van der Waals surface area contributed by atoms with Crippen LogP contribution in [0.5, 0.6) is 11.5 Å². The minimum absolute atomic E-state index is 0.102. The molecule has 0 radical (unpaired) electrons. The highest BCUT2D eigenvalue weighted by Gasteiger charge is 2.09. The van der Waals surface area contributed by atoms with Gasteiger partial charge in [-0.15, -0.1) is 0 Å². The molecule has 0 fully saturated rings. The molecule has 0 atom stereocenters. The zero-order valence-corrected chi connectivity index (χ0v) is 12.3.